The Morgan fingerprint density at radius 2 is 1.79 bits per heavy atom. The Kier molecular flexibility index (Phi) is 4.90. The molecule has 1 saturated carbocycles. The number of rotatable bonds is 5. The summed E-state index contributed by atoms with van der Waals surface area (Å²) in [6, 6.07) is 1.04. The number of nitrogens with one attached hydrogen (secondary N) is 1. The molecule has 0 amide bonds. The summed E-state index contributed by atoms with van der Waals surface area (Å²) in [4.78, 5) is 0. The van der Waals surface area contributed by atoms with Crippen LogP contribution in [-0.4, -0.2) is 23.8 Å². The van der Waals surface area contributed by atoms with E-state index in [0.717, 1.165) is 5.92 Å². The second-order valence-corrected chi connectivity index (χ2v) is 4.95. The first-order chi connectivity index (χ1) is 6.65. The van der Waals surface area contributed by atoms with Crippen LogP contribution in [0.1, 0.15) is 46.5 Å². The Hall–Kier alpha value is -0.0800. The van der Waals surface area contributed by atoms with Crippen LogP contribution in [0.15, 0.2) is 0 Å². The van der Waals surface area contributed by atoms with Crippen LogP contribution in [0.3, 0.4) is 0 Å². The van der Waals surface area contributed by atoms with Gasteiger partial charge < -0.3 is 10.4 Å². The first-order valence-corrected chi connectivity index (χ1v) is 6.02. The van der Waals surface area contributed by atoms with Gasteiger partial charge in [-0.1, -0.05) is 19.8 Å². The number of aliphatic hydroxyl groups excluding tert-OH is 1. The third kappa shape index (κ3) is 3.25. The first kappa shape index (κ1) is 12.0. The van der Waals surface area contributed by atoms with Gasteiger partial charge in [0.1, 0.15) is 0 Å². The number of hydrogen-bond acceptors (Lipinski definition) is 2. The lowest BCUT2D eigenvalue weighted by Crippen LogP contribution is -2.42. The fourth-order valence-corrected chi connectivity index (χ4v) is 2.33. The van der Waals surface area contributed by atoms with Crippen molar-refractivity contribution in [1.29, 1.82) is 0 Å². The molecule has 2 heteroatoms. The maximum absolute atomic E-state index is 9.04. The van der Waals surface area contributed by atoms with Crippen LogP contribution in [-0.2, 0) is 0 Å². The minimum Gasteiger partial charge on any atom is -0.396 e. The maximum Gasteiger partial charge on any atom is 0.0471 e. The topological polar surface area (TPSA) is 32.3 Å². The average Bonchev–Trinajstić information content (AvgIpc) is 2.69. The molecule has 0 aliphatic heterocycles. The fraction of sp³-hybridized carbons (Fsp3) is 1.00. The molecule has 0 aromatic rings. The van der Waals surface area contributed by atoms with Crippen molar-refractivity contribution in [2.24, 2.45) is 11.8 Å². The van der Waals surface area contributed by atoms with Crippen LogP contribution in [0.4, 0.5) is 0 Å². The molecule has 1 fully saturated rings. The van der Waals surface area contributed by atoms with Gasteiger partial charge in [0.2, 0.25) is 0 Å². The van der Waals surface area contributed by atoms with E-state index < -0.39 is 0 Å². The molecule has 1 aliphatic rings. The highest BCUT2D eigenvalue weighted by atomic mass is 16.3. The zero-order valence-corrected chi connectivity index (χ0v) is 9.79. The summed E-state index contributed by atoms with van der Waals surface area (Å²) in [5.74, 6) is 1.22. The van der Waals surface area contributed by atoms with Crippen molar-refractivity contribution in [3.8, 4) is 0 Å². The van der Waals surface area contributed by atoms with Gasteiger partial charge >= 0.3 is 0 Å². The second kappa shape index (κ2) is 5.72. The van der Waals surface area contributed by atoms with E-state index in [1.807, 2.05) is 0 Å². The fourth-order valence-electron chi connectivity index (χ4n) is 2.33. The van der Waals surface area contributed by atoms with Gasteiger partial charge in [-0.2, -0.15) is 0 Å². The standard InChI is InChI=1S/C12H25NO/c1-9(8-14)10(2)13-11(3)12-6-4-5-7-12/h9-14H,4-8H2,1-3H3. The molecule has 0 aromatic heterocycles. The average molecular weight is 199 g/mol. The Morgan fingerprint density at radius 3 is 2.29 bits per heavy atom. The van der Waals surface area contributed by atoms with E-state index in [0.29, 0.717) is 18.0 Å². The van der Waals surface area contributed by atoms with Crippen molar-refractivity contribution < 1.29 is 5.11 Å². The Morgan fingerprint density at radius 1 is 1.21 bits per heavy atom. The minimum atomic E-state index is 0.283. The highest BCUT2D eigenvalue weighted by Gasteiger charge is 2.23. The molecule has 2 N–H and O–H groups in total. The summed E-state index contributed by atoms with van der Waals surface area (Å²) in [7, 11) is 0. The lowest BCUT2D eigenvalue weighted by atomic mass is 9.96. The molecule has 0 bridgehead atoms. The van der Waals surface area contributed by atoms with E-state index in [1.165, 1.54) is 25.7 Å². The summed E-state index contributed by atoms with van der Waals surface area (Å²) in [6.07, 6.45) is 5.57. The van der Waals surface area contributed by atoms with E-state index in [2.05, 4.69) is 26.1 Å². The Balaban J connectivity index is 2.27. The van der Waals surface area contributed by atoms with Crippen LogP contribution in [0, 0.1) is 11.8 Å². The van der Waals surface area contributed by atoms with Crippen LogP contribution >= 0.6 is 0 Å². The lowest BCUT2D eigenvalue weighted by Gasteiger charge is -2.27. The molecular weight excluding hydrogens is 174 g/mol. The summed E-state index contributed by atoms with van der Waals surface area (Å²) in [6.45, 7) is 6.84. The highest BCUT2D eigenvalue weighted by molar-refractivity contribution is 4.80. The van der Waals surface area contributed by atoms with E-state index in [1.54, 1.807) is 0 Å². The third-order valence-electron chi connectivity index (χ3n) is 3.77. The third-order valence-corrected chi connectivity index (χ3v) is 3.77. The second-order valence-electron chi connectivity index (χ2n) is 4.95. The first-order valence-electron chi connectivity index (χ1n) is 6.02. The van der Waals surface area contributed by atoms with Gasteiger partial charge in [0.05, 0.1) is 0 Å². The predicted molar refractivity (Wildman–Crippen MR) is 60.3 cm³/mol. The zero-order valence-electron chi connectivity index (χ0n) is 9.79. The van der Waals surface area contributed by atoms with Gasteiger partial charge in [0, 0.05) is 18.7 Å². The zero-order chi connectivity index (χ0) is 10.6. The monoisotopic (exact) mass is 199 g/mol. The predicted octanol–water partition coefficient (Wildman–Crippen LogP) is 2.17. The van der Waals surface area contributed by atoms with Crippen molar-refractivity contribution in [3.05, 3.63) is 0 Å². The van der Waals surface area contributed by atoms with Crippen molar-refractivity contribution in [2.75, 3.05) is 6.61 Å². The molecule has 1 rings (SSSR count). The number of aliphatic hydroxyl groups is 1. The molecular formula is C12H25NO. The van der Waals surface area contributed by atoms with Crippen LogP contribution in [0.25, 0.3) is 0 Å². The molecule has 1 aliphatic carbocycles. The van der Waals surface area contributed by atoms with E-state index in [4.69, 9.17) is 5.11 Å². The summed E-state index contributed by atoms with van der Waals surface area (Å²) >= 11 is 0. The molecule has 3 atom stereocenters. The van der Waals surface area contributed by atoms with Gasteiger partial charge in [0.15, 0.2) is 0 Å². The normalized spacial score (nSPS) is 24.9. The van der Waals surface area contributed by atoms with Crippen LogP contribution in [0.2, 0.25) is 0 Å². The molecule has 84 valence electrons. The molecule has 0 aromatic carbocycles. The van der Waals surface area contributed by atoms with Crippen molar-refractivity contribution in [1.82, 2.24) is 5.32 Å². The molecule has 0 spiro atoms. The summed E-state index contributed by atoms with van der Waals surface area (Å²) in [5.41, 5.74) is 0. The molecule has 0 radical (unpaired) electrons. The molecule has 3 unspecified atom stereocenters. The molecule has 14 heavy (non-hydrogen) atoms. The van der Waals surface area contributed by atoms with Crippen LogP contribution in [0.5, 0.6) is 0 Å². The van der Waals surface area contributed by atoms with E-state index in [-0.39, 0.29) is 6.61 Å². The van der Waals surface area contributed by atoms with Gasteiger partial charge in [0.25, 0.3) is 0 Å². The number of hydrogen-bond donors (Lipinski definition) is 2. The smallest absolute Gasteiger partial charge is 0.0471 e. The van der Waals surface area contributed by atoms with Crippen LogP contribution < -0.4 is 5.32 Å². The van der Waals surface area contributed by atoms with Crippen molar-refractivity contribution in [2.45, 2.75) is 58.5 Å². The van der Waals surface area contributed by atoms with Crippen molar-refractivity contribution >= 4 is 0 Å². The Bertz CT molecular complexity index is 154. The van der Waals surface area contributed by atoms with E-state index >= 15 is 0 Å². The van der Waals surface area contributed by atoms with Gasteiger partial charge in [-0.3, -0.25) is 0 Å². The largest absolute Gasteiger partial charge is 0.396 e. The van der Waals surface area contributed by atoms with Crippen molar-refractivity contribution in [3.63, 3.8) is 0 Å². The van der Waals surface area contributed by atoms with Gasteiger partial charge in [-0.05, 0) is 38.5 Å². The minimum absolute atomic E-state index is 0.283. The maximum atomic E-state index is 9.04. The molecule has 2 nitrogen and oxygen atoms in total. The molecule has 0 saturated heterocycles. The van der Waals surface area contributed by atoms with Gasteiger partial charge in [-0.25, -0.2) is 0 Å². The van der Waals surface area contributed by atoms with Gasteiger partial charge in [-0.15, -0.1) is 0 Å². The summed E-state index contributed by atoms with van der Waals surface area (Å²) in [5, 5.41) is 12.7. The highest BCUT2D eigenvalue weighted by Crippen LogP contribution is 2.27. The van der Waals surface area contributed by atoms with E-state index in [9.17, 15) is 0 Å². The quantitative estimate of drug-likeness (QED) is 0.711. The molecule has 0 heterocycles. The Labute approximate surface area is 88.1 Å². The SMILES string of the molecule is CC(CO)C(C)NC(C)C1CCCC1. The lowest BCUT2D eigenvalue weighted by molar-refractivity contribution is 0.194. The summed E-state index contributed by atoms with van der Waals surface area (Å²) < 4.78 is 0.